The van der Waals surface area contributed by atoms with Crippen molar-refractivity contribution < 1.29 is 14.3 Å². The van der Waals surface area contributed by atoms with Gasteiger partial charge in [0, 0.05) is 22.2 Å². The van der Waals surface area contributed by atoms with Crippen molar-refractivity contribution in [2.75, 3.05) is 18.6 Å². The summed E-state index contributed by atoms with van der Waals surface area (Å²) in [5.74, 6) is -0.219. The number of thioether (sulfide) groups is 1. The fraction of sp³-hybridized carbons (Fsp3) is 0.400. The second-order valence-electron chi connectivity index (χ2n) is 4.70. The lowest BCUT2D eigenvalue weighted by Gasteiger charge is -2.06. The van der Waals surface area contributed by atoms with Gasteiger partial charge < -0.3 is 10.4 Å². The third-order valence-corrected chi connectivity index (χ3v) is 5.09. The summed E-state index contributed by atoms with van der Waals surface area (Å²) >= 11 is 2.95. The fourth-order valence-electron chi connectivity index (χ4n) is 2.22. The van der Waals surface area contributed by atoms with Gasteiger partial charge in [-0.3, -0.25) is 0 Å². The molecular formula is C15H18FNO2S2. The number of thiophene rings is 1. The first-order chi connectivity index (χ1) is 10.1. The molecule has 0 saturated carbocycles. The Hall–Kier alpha value is -1.11. The van der Waals surface area contributed by atoms with Crippen molar-refractivity contribution in [3.8, 4) is 0 Å². The summed E-state index contributed by atoms with van der Waals surface area (Å²) < 4.78 is 14.7. The Morgan fingerprint density at radius 3 is 2.95 bits per heavy atom. The first kappa shape index (κ1) is 16.3. The molecule has 1 aromatic heterocycles. The van der Waals surface area contributed by atoms with Gasteiger partial charge in [0.2, 0.25) is 0 Å². The molecule has 0 aliphatic carbocycles. The third kappa shape index (κ3) is 3.96. The molecule has 0 saturated heterocycles. The normalized spacial score (nSPS) is 11.1. The number of nitrogens with one attached hydrogen (secondary N) is 1. The molecule has 3 nitrogen and oxygen atoms in total. The van der Waals surface area contributed by atoms with Crippen molar-refractivity contribution in [1.29, 1.82) is 0 Å². The second kappa shape index (κ2) is 7.77. The molecule has 0 aliphatic rings. The van der Waals surface area contributed by atoms with Crippen LogP contribution in [0.3, 0.4) is 0 Å². The van der Waals surface area contributed by atoms with E-state index in [0.29, 0.717) is 22.2 Å². The zero-order chi connectivity index (χ0) is 15.2. The van der Waals surface area contributed by atoms with Gasteiger partial charge in [-0.25, -0.2) is 9.18 Å². The van der Waals surface area contributed by atoms with Gasteiger partial charge in [-0.15, -0.1) is 11.3 Å². The van der Waals surface area contributed by atoms with Gasteiger partial charge in [-0.2, -0.15) is 11.8 Å². The zero-order valence-corrected chi connectivity index (χ0v) is 13.5. The lowest BCUT2D eigenvalue weighted by atomic mass is 10.1. The lowest BCUT2D eigenvalue weighted by Crippen LogP contribution is -2.16. The Morgan fingerprint density at radius 1 is 1.43 bits per heavy atom. The van der Waals surface area contributed by atoms with E-state index in [1.54, 1.807) is 12.1 Å². The monoisotopic (exact) mass is 327 g/mol. The molecular weight excluding hydrogens is 309 g/mol. The average Bonchev–Trinajstić information content (AvgIpc) is 2.83. The van der Waals surface area contributed by atoms with E-state index in [2.05, 4.69) is 11.6 Å². The van der Waals surface area contributed by atoms with Crippen molar-refractivity contribution in [3.05, 3.63) is 34.5 Å². The molecule has 0 bridgehead atoms. The molecule has 2 aromatic rings. The number of hydrogen-bond donors (Lipinski definition) is 2. The molecule has 0 radical (unpaired) electrons. The van der Waals surface area contributed by atoms with Crippen molar-refractivity contribution >= 4 is 39.2 Å². The molecule has 0 atom stereocenters. The molecule has 0 fully saturated rings. The standard InChI is InChI=1S/C15H18FNO2S2/c1-20-8-3-2-7-17-9-10-13-11(16)5-4-6-12(13)21-14(10)15(18)19/h4-6,17H,2-3,7-9H2,1H3,(H,18,19). The molecule has 0 aliphatic heterocycles. The van der Waals surface area contributed by atoms with Gasteiger partial charge in [-0.1, -0.05) is 6.07 Å². The minimum Gasteiger partial charge on any atom is -0.477 e. The summed E-state index contributed by atoms with van der Waals surface area (Å²) in [6.07, 6.45) is 4.24. The highest BCUT2D eigenvalue weighted by Gasteiger charge is 2.19. The molecule has 6 heteroatoms. The Morgan fingerprint density at radius 2 is 2.24 bits per heavy atom. The number of unbranched alkanes of at least 4 members (excludes halogenated alkanes) is 1. The largest absolute Gasteiger partial charge is 0.477 e. The van der Waals surface area contributed by atoms with Crippen molar-refractivity contribution in [2.45, 2.75) is 19.4 Å². The Kier molecular flexibility index (Phi) is 6.02. The maximum Gasteiger partial charge on any atom is 0.346 e. The van der Waals surface area contributed by atoms with Crippen molar-refractivity contribution in [1.82, 2.24) is 5.32 Å². The van der Waals surface area contributed by atoms with E-state index in [1.807, 2.05) is 11.8 Å². The molecule has 2 rings (SSSR count). The van der Waals surface area contributed by atoms with Crippen LogP contribution in [0.15, 0.2) is 18.2 Å². The van der Waals surface area contributed by atoms with E-state index in [0.717, 1.165) is 36.5 Å². The number of hydrogen-bond acceptors (Lipinski definition) is 4. The van der Waals surface area contributed by atoms with Crippen molar-refractivity contribution in [2.24, 2.45) is 0 Å². The van der Waals surface area contributed by atoms with E-state index < -0.39 is 5.97 Å². The average molecular weight is 327 g/mol. The molecule has 0 unspecified atom stereocenters. The predicted molar refractivity (Wildman–Crippen MR) is 88.1 cm³/mol. The van der Waals surface area contributed by atoms with Gasteiger partial charge in [0.05, 0.1) is 0 Å². The molecule has 21 heavy (non-hydrogen) atoms. The second-order valence-corrected chi connectivity index (χ2v) is 6.74. The molecule has 114 valence electrons. The van der Waals surface area contributed by atoms with Gasteiger partial charge >= 0.3 is 5.97 Å². The third-order valence-electron chi connectivity index (χ3n) is 3.21. The summed E-state index contributed by atoms with van der Waals surface area (Å²) in [4.78, 5) is 11.6. The summed E-state index contributed by atoms with van der Waals surface area (Å²) in [7, 11) is 0. The van der Waals surface area contributed by atoms with Crippen LogP contribution in [-0.2, 0) is 6.54 Å². The van der Waals surface area contributed by atoms with E-state index in [-0.39, 0.29) is 10.7 Å². The molecule has 1 aromatic carbocycles. The van der Waals surface area contributed by atoms with Crippen LogP contribution in [-0.4, -0.2) is 29.6 Å². The predicted octanol–water partition coefficient (Wildman–Crippen LogP) is 3.97. The number of aromatic carboxylic acids is 1. The molecule has 2 N–H and O–H groups in total. The smallest absolute Gasteiger partial charge is 0.346 e. The topological polar surface area (TPSA) is 49.3 Å². The SMILES string of the molecule is CSCCCCNCc1c(C(=O)O)sc2cccc(F)c12. The maximum absolute atomic E-state index is 14.0. The van der Waals surface area contributed by atoms with Crippen LogP contribution in [0.1, 0.15) is 28.1 Å². The van der Waals surface area contributed by atoms with Gasteiger partial charge in [0.25, 0.3) is 0 Å². The van der Waals surface area contributed by atoms with Crippen molar-refractivity contribution in [3.63, 3.8) is 0 Å². The number of rotatable bonds is 8. The highest BCUT2D eigenvalue weighted by atomic mass is 32.2. The van der Waals surface area contributed by atoms with Crippen LogP contribution >= 0.6 is 23.1 Å². The Balaban J connectivity index is 2.13. The molecule has 1 heterocycles. The Bertz CT molecular complexity index is 627. The van der Waals surface area contributed by atoms with Gasteiger partial charge in [0.1, 0.15) is 10.7 Å². The van der Waals surface area contributed by atoms with Crippen LogP contribution < -0.4 is 5.32 Å². The number of benzene rings is 1. The van der Waals surface area contributed by atoms with Crippen LogP contribution in [0.2, 0.25) is 0 Å². The molecule has 0 amide bonds. The van der Waals surface area contributed by atoms with Crippen LogP contribution in [0, 0.1) is 5.82 Å². The van der Waals surface area contributed by atoms with E-state index in [9.17, 15) is 14.3 Å². The van der Waals surface area contributed by atoms with Crippen LogP contribution in [0.25, 0.3) is 10.1 Å². The van der Waals surface area contributed by atoms with Crippen LogP contribution in [0.5, 0.6) is 0 Å². The minimum absolute atomic E-state index is 0.228. The number of fused-ring (bicyclic) bond motifs is 1. The maximum atomic E-state index is 14.0. The van der Waals surface area contributed by atoms with E-state index in [4.69, 9.17) is 0 Å². The zero-order valence-electron chi connectivity index (χ0n) is 11.8. The Labute approximate surface area is 131 Å². The lowest BCUT2D eigenvalue weighted by molar-refractivity contribution is 0.0701. The van der Waals surface area contributed by atoms with E-state index in [1.165, 1.54) is 6.07 Å². The number of carboxylic acids is 1. The van der Waals surface area contributed by atoms with Gasteiger partial charge in [0.15, 0.2) is 0 Å². The summed E-state index contributed by atoms with van der Waals surface area (Å²) in [5, 5.41) is 13.0. The first-order valence-electron chi connectivity index (χ1n) is 6.78. The summed E-state index contributed by atoms with van der Waals surface area (Å²) in [6.45, 7) is 1.20. The first-order valence-corrected chi connectivity index (χ1v) is 8.99. The van der Waals surface area contributed by atoms with E-state index >= 15 is 0 Å². The quantitative estimate of drug-likeness (QED) is 0.720. The highest BCUT2D eigenvalue weighted by molar-refractivity contribution is 7.98. The minimum atomic E-state index is -0.991. The van der Waals surface area contributed by atoms with Crippen LogP contribution in [0.4, 0.5) is 4.39 Å². The fourth-order valence-corrected chi connectivity index (χ4v) is 3.79. The highest BCUT2D eigenvalue weighted by Crippen LogP contribution is 2.33. The molecule has 0 spiro atoms. The number of carboxylic acid groups (broad SMARTS) is 1. The summed E-state index contributed by atoms with van der Waals surface area (Å²) in [6, 6.07) is 4.75. The summed E-state index contributed by atoms with van der Waals surface area (Å²) in [5.41, 5.74) is 0.561. The van der Waals surface area contributed by atoms with Gasteiger partial charge in [-0.05, 0) is 43.5 Å². The number of carbonyl (C=O) groups is 1. The number of halogens is 1.